The molecule has 0 atom stereocenters. The zero-order chi connectivity index (χ0) is 15.5. The fourth-order valence-electron chi connectivity index (χ4n) is 1.40. The van der Waals surface area contributed by atoms with Crippen LogP contribution >= 0.6 is 11.8 Å². The molecule has 1 heterocycles. The number of aromatic nitrogens is 1. The van der Waals surface area contributed by atoms with Gasteiger partial charge in [-0.3, -0.25) is 0 Å². The number of benzene rings is 1. The SMILES string of the molecule is O=C(O)c1cc(COc2cccc(SC(F)(F)F)c2)on1. The van der Waals surface area contributed by atoms with Crippen LogP contribution in [-0.2, 0) is 6.61 Å². The second kappa shape index (κ2) is 6.08. The smallest absolute Gasteiger partial charge is 0.446 e. The van der Waals surface area contributed by atoms with Gasteiger partial charge < -0.3 is 14.4 Å². The van der Waals surface area contributed by atoms with E-state index < -0.39 is 11.5 Å². The molecule has 0 amide bonds. The Balaban J connectivity index is 1.99. The number of hydrogen-bond donors (Lipinski definition) is 1. The van der Waals surface area contributed by atoms with Crippen LogP contribution in [0, 0.1) is 0 Å². The molecule has 0 bridgehead atoms. The molecule has 1 N–H and O–H groups in total. The van der Waals surface area contributed by atoms with Crippen LogP contribution in [0.2, 0.25) is 0 Å². The first-order valence-corrected chi connectivity index (χ1v) is 6.32. The monoisotopic (exact) mass is 319 g/mol. The Morgan fingerprint density at radius 1 is 1.38 bits per heavy atom. The van der Waals surface area contributed by atoms with Crippen LogP contribution in [0.3, 0.4) is 0 Å². The molecule has 0 radical (unpaired) electrons. The Bertz CT molecular complexity index is 641. The molecule has 2 aromatic rings. The van der Waals surface area contributed by atoms with Crippen LogP contribution in [0.5, 0.6) is 5.75 Å². The number of ether oxygens (including phenoxy) is 1. The standard InChI is InChI=1S/C12H8F3NO4S/c13-12(14,15)21-9-3-1-2-7(4-9)19-6-8-5-10(11(17)18)16-20-8/h1-5H,6H2,(H,17,18). The molecule has 0 aliphatic carbocycles. The highest BCUT2D eigenvalue weighted by Crippen LogP contribution is 2.37. The first kappa shape index (κ1) is 15.2. The van der Waals surface area contributed by atoms with Crippen molar-refractivity contribution in [3.8, 4) is 5.75 Å². The lowest BCUT2D eigenvalue weighted by molar-refractivity contribution is -0.0328. The predicted octanol–water partition coefficient (Wildman–Crippen LogP) is 3.56. The summed E-state index contributed by atoms with van der Waals surface area (Å²) in [5.41, 5.74) is -4.64. The van der Waals surface area contributed by atoms with E-state index in [9.17, 15) is 18.0 Å². The Morgan fingerprint density at radius 3 is 2.76 bits per heavy atom. The van der Waals surface area contributed by atoms with E-state index in [-0.39, 0.29) is 40.5 Å². The van der Waals surface area contributed by atoms with Gasteiger partial charge in [0.25, 0.3) is 0 Å². The van der Waals surface area contributed by atoms with E-state index in [2.05, 4.69) is 5.16 Å². The summed E-state index contributed by atoms with van der Waals surface area (Å²) in [4.78, 5) is 10.6. The van der Waals surface area contributed by atoms with Crippen molar-refractivity contribution in [1.82, 2.24) is 5.16 Å². The average Bonchev–Trinajstić information content (AvgIpc) is 2.83. The lowest BCUT2D eigenvalue weighted by atomic mass is 10.3. The summed E-state index contributed by atoms with van der Waals surface area (Å²) in [7, 11) is 0. The summed E-state index contributed by atoms with van der Waals surface area (Å²) < 4.78 is 46.7. The fraction of sp³-hybridized carbons (Fsp3) is 0.167. The number of thioether (sulfide) groups is 1. The number of nitrogens with zero attached hydrogens (tertiary/aromatic N) is 1. The van der Waals surface area contributed by atoms with E-state index >= 15 is 0 Å². The molecule has 0 aliphatic rings. The number of halogens is 3. The van der Waals surface area contributed by atoms with Crippen molar-refractivity contribution in [1.29, 1.82) is 0 Å². The zero-order valence-corrected chi connectivity index (χ0v) is 11.1. The summed E-state index contributed by atoms with van der Waals surface area (Å²) in [6.45, 7) is -0.138. The highest BCUT2D eigenvalue weighted by atomic mass is 32.2. The van der Waals surface area contributed by atoms with Crippen LogP contribution in [0.15, 0.2) is 39.8 Å². The minimum atomic E-state index is -4.38. The lowest BCUT2D eigenvalue weighted by Crippen LogP contribution is -1.99. The number of carboxylic acid groups (broad SMARTS) is 1. The Morgan fingerprint density at radius 2 is 2.14 bits per heavy atom. The van der Waals surface area contributed by atoms with Crippen LogP contribution in [-0.4, -0.2) is 21.7 Å². The van der Waals surface area contributed by atoms with Crippen LogP contribution < -0.4 is 4.74 Å². The van der Waals surface area contributed by atoms with Crippen molar-refractivity contribution in [3.05, 3.63) is 41.8 Å². The summed E-state index contributed by atoms with van der Waals surface area (Å²) >= 11 is -0.249. The van der Waals surface area contributed by atoms with Gasteiger partial charge in [-0.05, 0) is 30.0 Å². The third-order valence-corrected chi connectivity index (χ3v) is 2.92. The van der Waals surface area contributed by atoms with Crippen molar-refractivity contribution < 1.29 is 32.3 Å². The van der Waals surface area contributed by atoms with Gasteiger partial charge in [-0.25, -0.2) is 4.79 Å². The summed E-state index contributed by atoms with van der Waals surface area (Å²) in [5.74, 6) is -0.882. The highest BCUT2D eigenvalue weighted by molar-refractivity contribution is 8.00. The third kappa shape index (κ3) is 4.71. The number of hydrogen-bond acceptors (Lipinski definition) is 5. The minimum absolute atomic E-state index is 0.0104. The van der Waals surface area contributed by atoms with Gasteiger partial charge in [0, 0.05) is 11.0 Å². The van der Waals surface area contributed by atoms with Crippen molar-refractivity contribution in [2.75, 3.05) is 0 Å². The van der Waals surface area contributed by atoms with Crippen LogP contribution in [0.25, 0.3) is 0 Å². The minimum Gasteiger partial charge on any atom is -0.486 e. The molecule has 21 heavy (non-hydrogen) atoms. The van der Waals surface area contributed by atoms with Gasteiger partial charge in [0.2, 0.25) is 0 Å². The van der Waals surface area contributed by atoms with Gasteiger partial charge in [-0.15, -0.1) is 0 Å². The number of alkyl halides is 3. The second-order valence-corrected chi connectivity index (χ2v) is 4.93. The predicted molar refractivity (Wildman–Crippen MR) is 66.1 cm³/mol. The molecule has 0 fully saturated rings. The van der Waals surface area contributed by atoms with Gasteiger partial charge in [-0.1, -0.05) is 11.2 Å². The van der Waals surface area contributed by atoms with Gasteiger partial charge in [-0.2, -0.15) is 13.2 Å². The molecule has 0 spiro atoms. The Kier molecular flexibility index (Phi) is 4.41. The number of aromatic carboxylic acids is 1. The van der Waals surface area contributed by atoms with Crippen LogP contribution in [0.1, 0.15) is 16.2 Å². The largest absolute Gasteiger partial charge is 0.486 e. The third-order valence-electron chi connectivity index (χ3n) is 2.20. The highest BCUT2D eigenvalue weighted by Gasteiger charge is 2.29. The maximum atomic E-state index is 12.2. The quantitative estimate of drug-likeness (QED) is 0.850. The van der Waals surface area contributed by atoms with Crippen molar-refractivity contribution in [3.63, 3.8) is 0 Å². The Labute approximate surface area is 120 Å². The van der Waals surface area contributed by atoms with E-state index in [1.54, 1.807) is 0 Å². The van der Waals surface area contributed by atoms with Gasteiger partial charge in [0.05, 0.1) is 0 Å². The van der Waals surface area contributed by atoms with Gasteiger partial charge >= 0.3 is 11.5 Å². The number of rotatable bonds is 5. The molecule has 112 valence electrons. The van der Waals surface area contributed by atoms with E-state index in [1.165, 1.54) is 30.3 Å². The summed E-state index contributed by atoms with van der Waals surface area (Å²) in [6, 6.07) is 6.62. The molecule has 2 rings (SSSR count). The first-order valence-electron chi connectivity index (χ1n) is 5.51. The number of carbonyl (C=O) groups is 1. The van der Waals surface area contributed by atoms with E-state index in [0.717, 1.165) is 0 Å². The maximum absolute atomic E-state index is 12.2. The molecule has 0 unspecified atom stereocenters. The van der Waals surface area contributed by atoms with Gasteiger partial charge in [0.1, 0.15) is 12.4 Å². The van der Waals surface area contributed by atoms with E-state index in [0.29, 0.717) is 0 Å². The molecular weight excluding hydrogens is 311 g/mol. The van der Waals surface area contributed by atoms with Gasteiger partial charge in [0.15, 0.2) is 11.5 Å². The second-order valence-electron chi connectivity index (χ2n) is 3.79. The maximum Gasteiger partial charge on any atom is 0.446 e. The molecule has 1 aromatic heterocycles. The lowest BCUT2D eigenvalue weighted by Gasteiger charge is -2.08. The van der Waals surface area contributed by atoms with Crippen LogP contribution in [0.4, 0.5) is 13.2 Å². The van der Waals surface area contributed by atoms with E-state index in [1.807, 2.05) is 0 Å². The summed E-state index contributed by atoms with van der Waals surface area (Å²) in [5, 5.41) is 11.9. The molecule has 1 aromatic carbocycles. The molecule has 0 saturated carbocycles. The van der Waals surface area contributed by atoms with Crippen molar-refractivity contribution in [2.45, 2.75) is 17.0 Å². The molecule has 9 heteroatoms. The van der Waals surface area contributed by atoms with Crippen molar-refractivity contribution >= 4 is 17.7 Å². The number of carboxylic acids is 1. The molecule has 5 nitrogen and oxygen atoms in total. The normalized spacial score (nSPS) is 11.4. The molecular formula is C12H8F3NO4S. The molecule has 0 aliphatic heterocycles. The Hall–Kier alpha value is -2.16. The summed E-state index contributed by atoms with van der Waals surface area (Å²) in [6.07, 6.45) is 0. The average molecular weight is 319 g/mol. The topological polar surface area (TPSA) is 72.6 Å². The fourth-order valence-corrected chi connectivity index (χ4v) is 1.99. The van der Waals surface area contributed by atoms with E-state index in [4.69, 9.17) is 14.4 Å². The zero-order valence-electron chi connectivity index (χ0n) is 10.3. The first-order chi connectivity index (χ1) is 9.83. The molecule has 0 saturated heterocycles. The van der Waals surface area contributed by atoms with Crippen molar-refractivity contribution in [2.24, 2.45) is 0 Å².